The quantitative estimate of drug-likeness (QED) is 0.354. The first-order valence-electron chi connectivity index (χ1n) is 7.35. The molecule has 0 fully saturated rings. The number of hydrogen-bond acceptors (Lipinski definition) is 5. The molecule has 0 aromatic heterocycles. The summed E-state index contributed by atoms with van der Waals surface area (Å²) >= 11 is 0. The standard InChI is InChI=1S/C14H25N3O6/c1-7(2)6-10(14(22)23)17-12(20)8(3)16-13(21)9(15)4-5-11(18)19/h7-10H,4-6,15H2,1-3H3,(H,16,21)(H,17,20)(H,18,19)(H,22,23). The Balaban J connectivity index is 4.50. The Morgan fingerprint density at radius 1 is 1.00 bits per heavy atom. The average molecular weight is 331 g/mol. The van der Waals surface area contributed by atoms with E-state index in [2.05, 4.69) is 10.6 Å². The summed E-state index contributed by atoms with van der Waals surface area (Å²) < 4.78 is 0. The van der Waals surface area contributed by atoms with Crippen molar-refractivity contribution in [3.05, 3.63) is 0 Å². The molecule has 0 aromatic rings. The van der Waals surface area contributed by atoms with Crippen LogP contribution in [0.1, 0.15) is 40.0 Å². The number of aliphatic carboxylic acids is 2. The fourth-order valence-corrected chi connectivity index (χ4v) is 1.79. The van der Waals surface area contributed by atoms with Crippen LogP contribution < -0.4 is 16.4 Å². The Morgan fingerprint density at radius 3 is 2.00 bits per heavy atom. The number of hydrogen-bond donors (Lipinski definition) is 5. The summed E-state index contributed by atoms with van der Waals surface area (Å²) in [6, 6.07) is -3.07. The van der Waals surface area contributed by atoms with Crippen molar-refractivity contribution in [3.63, 3.8) is 0 Å². The molecule has 0 saturated carbocycles. The summed E-state index contributed by atoms with van der Waals surface area (Å²) in [4.78, 5) is 45.2. The van der Waals surface area contributed by atoms with Crippen molar-refractivity contribution in [1.82, 2.24) is 10.6 Å². The van der Waals surface area contributed by atoms with E-state index in [0.29, 0.717) is 0 Å². The maximum atomic E-state index is 11.9. The van der Waals surface area contributed by atoms with Gasteiger partial charge in [0.25, 0.3) is 0 Å². The molecule has 6 N–H and O–H groups in total. The largest absolute Gasteiger partial charge is 0.481 e. The molecule has 3 unspecified atom stereocenters. The van der Waals surface area contributed by atoms with Gasteiger partial charge < -0.3 is 26.6 Å². The first-order valence-corrected chi connectivity index (χ1v) is 7.35. The molecule has 23 heavy (non-hydrogen) atoms. The molecule has 0 rings (SSSR count). The summed E-state index contributed by atoms with van der Waals surface area (Å²) in [6.07, 6.45) is -0.0505. The molecule has 0 radical (unpaired) electrons. The van der Waals surface area contributed by atoms with Gasteiger partial charge >= 0.3 is 11.9 Å². The van der Waals surface area contributed by atoms with Crippen LogP contribution in [-0.4, -0.2) is 52.1 Å². The van der Waals surface area contributed by atoms with Crippen LogP contribution in [0.15, 0.2) is 0 Å². The van der Waals surface area contributed by atoms with Gasteiger partial charge in [-0.15, -0.1) is 0 Å². The monoisotopic (exact) mass is 331 g/mol. The number of carboxylic acid groups (broad SMARTS) is 2. The van der Waals surface area contributed by atoms with Crippen LogP contribution in [0.4, 0.5) is 0 Å². The first kappa shape index (κ1) is 20.8. The van der Waals surface area contributed by atoms with Gasteiger partial charge in [-0.3, -0.25) is 14.4 Å². The molecule has 132 valence electrons. The molecule has 9 heteroatoms. The fourth-order valence-electron chi connectivity index (χ4n) is 1.79. The predicted octanol–water partition coefficient (Wildman–Crippen LogP) is -0.701. The average Bonchev–Trinajstić information content (AvgIpc) is 2.42. The summed E-state index contributed by atoms with van der Waals surface area (Å²) in [5.41, 5.74) is 5.53. The second-order valence-corrected chi connectivity index (χ2v) is 5.80. The van der Waals surface area contributed by atoms with Gasteiger partial charge in [0.1, 0.15) is 12.1 Å². The zero-order valence-corrected chi connectivity index (χ0v) is 13.5. The van der Waals surface area contributed by atoms with Gasteiger partial charge in [-0.1, -0.05) is 13.8 Å². The number of nitrogens with one attached hydrogen (secondary N) is 2. The zero-order chi connectivity index (χ0) is 18.2. The highest BCUT2D eigenvalue weighted by molar-refractivity contribution is 5.91. The molecule has 0 aliphatic heterocycles. The molecule has 0 saturated heterocycles. The van der Waals surface area contributed by atoms with Gasteiger partial charge in [-0.25, -0.2) is 4.79 Å². The van der Waals surface area contributed by atoms with Crippen LogP contribution in [0.3, 0.4) is 0 Å². The second-order valence-electron chi connectivity index (χ2n) is 5.80. The number of nitrogens with two attached hydrogens (primary N) is 1. The highest BCUT2D eigenvalue weighted by Crippen LogP contribution is 2.05. The third kappa shape index (κ3) is 8.77. The molecule has 9 nitrogen and oxygen atoms in total. The van der Waals surface area contributed by atoms with Crippen molar-refractivity contribution in [2.45, 2.75) is 58.2 Å². The Bertz CT molecular complexity index is 452. The number of carbonyl (C=O) groups is 4. The van der Waals surface area contributed by atoms with Crippen molar-refractivity contribution in [1.29, 1.82) is 0 Å². The van der Waals surface area contributed by atoms with Gasteiger partial charge in [0.2, 0.25) is 11.8 Å². The minimum absolute atomic E-state index is 0.0550. The lowest BCUT2D eigenvalue weighted by molar-refractivity contribution is -0.142. The SMILES string of the molecule is CC(C)CC(NC(=O)C(C)NC(=O)C(N)CCC(=O)O)C(=O)O. The molecule has 0 heterocycles. The van der Waals surface area contributed by atoms with Crippen LogP contribution in [0, 0.1) is 5.92 Å². The zero-order valence-electron chi connectivity index (χ0n) is 13.5. The van der Waals surface area contributed by atoms with Crippen molar-refractivity contribution in [2.24, 2.45) is 11.7 Å². The summed E-state index contributed by atoms with van der Waals surface area (Å²) in [7, 11) is 0. The van der Waals surface area contributed by atoms with E-state index in [0.717, 1.165) is 0 Å². The van der Waals surface area contributed by atoms with E-state index >= 15 is 0 Å². The number of carbonyl (C=O) groups excluding carboxylic acids is 2. The molecule has 0 bridgehead atoms. The van der Waals surface area contributed by atoms with Crippen molar-refractivity contribution >= 4 is 23.8 Å². The Labute approximate surface area is 134 Å². The minimum atomic E-state index is -1.15. The van der Waals surface area contributed by atoms with Gasteiger partial charge in [0, 0.05) is 6.42 Å². The number of carboxylic acids is 2. The highest BCUT2D eigenvalue weighted by Gasteiger charge is 2.25. The van der Waals surface area contributed by atoms with Crippen molar-refractivity contribution < 1.29 is 29.4 Å². The summed E-state index contributed by atoms with van der Waals surface area (Å²) in [5, 5.41) is 22.3. The van der Waals surface area contributed by atoms with Crippen LogP contribution >= 0.6 is 0 Å². The van der Waals surface area contributed by atoms with E-state index < -0.39 is 41.9 Å². The van der Waals surface area contributed by atoms with Crippen molar-refractivity contribution in [2.75, 3.05) is 0 Å². The van der Waals surface area contributed by atoms with Crippen LogP contribution in [0.25, 0.3) is 0 Å². The van der Waals surface area contributed by atoms with E-state index in [1.54, 1.807) is 0 Å². The third-order valence-corrected chi connectivity index (χ3v) is 3.08. The minimum Gasteiger partial charge on any atom is -0.481 e. The van der Waals surface area contributed by atoms with Gasteiger partial charge in [-0.2, -0.15) is 0 Å². The lowest BCUT2D eigenvalue weighted by Gasteiger charge is -2.21. The maximum absolute atomic E-state index is 11.9. The molecule has 3 atom stereocenters. The third-order valence-electron chi connectivity index (χ3n) is 3.08. The van der Waals surface area contributed by atoms with Gasteiger partial charge in [0.15, 0.2) is 0 Å². The molecule has 2 amide bonds. The molecule has 0 aliphatic rings. The Hall–Kier alpha value is -2.16. The lowest BCUT2D eigenvalue weighted by Crippen LogP contribution is -2.53. The highest BCUT2D eigenvalue weighted by atomic mass is 16.4. The van der Waals surface area contributed by atoms with Crippen LogP contribution in [0.5, 0.6) is 0 Å². The number of rotatable bonds is 10. The van der Waals surface area contributed by atoms with Gasteiger partial charge in [0.05, 0.1) is 6.04 Å². The van der Waals surface area contributed by atoms with E-state index in [9.17, 15) is 19.2 Å². The topological polar surface area (TPSA) is 159 Å². The summed E-state index contributed by atoms with van der Waals surface area (Å²) in [5.74, 6) is -3.45. The van der Waals surface area contributed by atoms with E-state index in [1.807, 2.05) is 13.8 Å². The fraction of sp³-hybridized carbons (Fsp3) is 0.714. The van der Waals surface area contributed by atoms with Crippen LogP contribution in [0.2, 0.25) is 0 Å². The second kappa shape index (κ2) is 9.78. The smallest absolute Gasteiger partial charge is 0.326 e. The molecular formula is C14H25N3O6. The number of amides is 2. The van der Waals surface area contributed by atoms with E-state index in [1.165, 1.54) is 6.92 Å². The Kier molecular flexibility index (Phi) is 8.86. The van der Waals surface area contributed by atoms with Gasteiger partial charge in [-0.05, 0) is 25.7 Å². The Morgan fingerprint density at radius 2 is 1.57 bits per heavy atom. The van der Waals surface area contributed by atoms with E-state index in [4.69, 9.17) is 15.9 Å². The summed E-state index contributed by atoms with van der Waals surface area (Å²) in [6.45, 7) is 5.05. The lowest BCUT2D eigenvalue weighted by atomic mass is 10.0. The molecule has 0 aromatic carbocycles. The maximum Gasteiger partial charge on any atom is 0.326 e. The molecule has 0 spiro atoms. The predicted molar refractivity (Wildman–Crippen MR) is 81.5 cm³/mol. The van der Waals surface area contributed by atoms with Crippen LogP contribution in [-0.2, 0) is 19.2 Å². The molecular weight excluding hydrogens is 306 g/mol. The normalized spacial score (nSPS) is 14.7. The molecule has 0 aliphatic carbocycles. The van der Waals surface area contributed by atoms with Crippen molar-refractivity contribution in [3.8, 4) is 0 Å². The first-order chi connectivity index (χ1) is 10.5. The van der Waals surface area contributed by atoms with E-state index in [-0.39, 0.29) is 25.2 Å².